The molecule has 0 bridgehead atoms. The van der Waals surface area contributed by atoms with Gasteiger partial charge in [-0.15, -0.1) is 0 Å². The topological polar surface area (TPSA) is 37.3 Å². The molecule has 0 aromatic heterocycles. The van der Waals surface area contributed by atoms with Crippen molar-refractivity contribution in [3.63, 3.8) is 0 Å². The predicted octanol–water partition coefficient (Wildman–Crippen LogP) is 3.30. The lowest BCUT2D eigenvalue weighted by molar-refractivity contribution is 0.0695. The molecule has 0 aliphatic heterocycles. The zero-order valence-corrected chi connectivity index (χ0v) is 10.0. The fraction of sp³-hybridized carbons (Fsp3) is 0.462. The summed E-state index contributed by atoms with van der Waals surface area (Å²) in [6, 6.07) is 3.91. The second-order valence-electron chi connectivity index (χ2n) is 4.99. The summed E-state index contributed by atoms with van der Waals surface area (Å²) < 4.78 is 0. The third-order valence-corrected chi connectivity index (χ3v) is 2.70. The molecule has 2 heteroatoms. The summed E-state index contributed by atoms with van der Waals surface area (Å²) >= 11 is 0. The van der Waals surface area contributed by atoms with Crippen molar-refractivity contribution in [1.82, 2.24) is 0 Å². The molecule has 1 N–H and O–H groups in total. The van der Waals surface area contributed by atoms with Crippen LogP contribution in [0.25, 0.3) is 0 Å². The van der Waals surface area contributed by atoms with Gasteiger partial charge in [0, 0.05) is 0 Å². The van der Waals surface area contributed by atoms with E-state index in [4.69, 9.17) is 5.11 Å². The molecule has 0 radical (unpaired) electrons. The van der Waals surface area contributed by atoms with Crippen LogP contribution in [0.5, 0.6) is 0 Å². The Labute approximate surface area is 90.9 Å². The molecule has 0 amide bonds. The Hall–Kier alpha value is -1.31. The van der Waals surface area contributed by atoms with Gasteiger partial charge in [0.25, 0.3) is 0 Å². The van der Waals surface area contributed by atoms with E-state index in [9.17, 15) is 4.79 Å². The molecule has 0 fully saturated rings. The van der Waals surface area contributed by atoms with E-state index in [1.807, 2.05) is 26.0 Å². The summed E-state index contributed by atoms with van der Waals surface area (Å²) in [5.74, 6) is -0.837. The van der Waals surface area contributed by atoms with E-state index in [1.165, 1.54) is 0 Å². The van der Waals surface area contributed by atoms with Crippen LogP contribution in [0.15, 0.2) is 12.1 Å². The van der Waals surface area contributed by atoms with Crippen molar-refractivity contribution in [2.45, 2.75) is 40.0 Å². The Balaban J connectivity index is 3.49. The van der Waals surface area contributed by atoms with Crippen molar-refractivity contribution >= 4 is 5.97 Å². The second kappa shape index (κ2) is 3.69. The van der Waals surface area contributed by atoms with E-state index in [1.54, 1.807) is 0 Å². The number of aromatic carboxylic acids is 1. The van der Waals surface area contributed by atoms with Gasteiger partial charge in [0.1, 0.15) is 0 Å². The van der Waals surface area contributed by atoms with Gasteiger partial charge in [-0.1, -0.05) is 32.9 Å². The van der Waals surface area contributed by atoms with E-state index in [0.717, 1.165) is 16.7 Å². The lowest BCUT2D eigenvalue weighted by atomic mass is 9.81. The molecule has 15 heavy (non-hydrogen) atoms. The Bertz CT molecular complexity index is 398. The molecule has 0 atom stereocenters. The molecule has 0 unspecified atom stereocenters. The van der Waals surface area contributed by atoms with Crippen LogP contribution in [0.4, 0.5) is 0 Å². The van der Waals surface area contributed by atoms with Gasteiger partial charge in [0.15, 0.2) is 0 Å². The summed E-state index contributed by atoms with van der Waals surface area (Å²) in [5.41, 5.74) is 3.25. The van der Waals surface area contributed by atoms with Crippen molar-refractivity contribution in [3.05, 3.63) is 34.4 Å². The number of hydrogen-bond acceptors (Lipinski definition) is 1. The van der Waals surface area contributed by atoms with Gasteiger partial charge in [-0.3, -0.25) is 0 Å². The van der Waals surface area contributed by atoms with Crippen molar-refractivity contribution in [3.8, 4) is 0 Å². The first kappa shape index (κ1) is 11.8. The fourth-order valence-corrected chi connectivity index (χ4v) is 1.99. The Kier molecular flexibility index (Phi) is 2.89. The first-order chi connectivity index (χ1) is 6.75. The van der Waals surface area contributed by atoms with E-state index < -0.39 is 5.97 Å². The zero-order chi connectivity index (χ0) is 11.8. The van der Waals surface area contributed by atoms with Gasteiger partial charge in [-0.2, -0.15) is 0 Å². The van der Waals surface area contributed by atoms with Crippen molar-refractivity contribution in [2.24, 2.45) is 0 Å². The highest BCUT2D eigenvalue weighted by Crippen LogP contribution is 2.29. The van der Waals surface area contributed by atoms with Crippen LogP contribution in [-0.4, -0.2) is 11.1 Å². The molecule has 0 aliphatic carbocycles. The molecule has 1 rings (SSSR count). The Morgan fingerprint density at radius 1 is 1.20 bits per heavy atom. The highest BCUT2D eigenvalue weighted by atomic mass is 16.4. The summed E-state index contributed by atoms with van der Waals surface area (Å²) in [7, 11) is 0. The van der Waals surface area contributed by atoms with Crippen LogP contribution >= 0.6 is 0 Å². The number of carboxylic acids is 1. The minimum atomic E-state index is -0.837. The Morgan fingerprint density at radius 3 is 2.13 bits per heavy atom. The monoisotopic (exact) mass is 206 g/mol. The number of aryl methyl sites for hydroxylation is 1. The number of carbonyl (C=O) groups is 1. The van der Waals surface area contributed by atoms with Crippen molar-refractivity contribution in [1.29, 1.82) is 0 Å². The van der Waals surface area contributed by atoms with E-state index in [-0.39, 0.29) is 5.41 Å². The third-order valence-electron chi connectivity index (χ3n) is 2.70. The lowest BCUT2D eigenvalue weighted by Gasteiger charge is -2.23. The average molecular weight is 206 g/mol. The molecule has 1 aromatic rings. The number of hydrogen-bond donors (Lipinski definition) is 1. The largest absolute Gasteiger partial charge is 0.478 e. The fourth-order valence-electron chi connectivity index (χ4n) is 1.99. The highest BCUT2D eigenvalue weighted by Gasteiger charge is 2.21. The molecule has 0 aliphatic rings. The second-order valence-corrected chi connectivity index (χ2v) is 4.99. The maximum atomic E-state index is 11.1. The molecule has 0 spiro atoms. The summed E-state index contributed by atoms with van der Waals surface area (Å²) in [6.45, 7) is 10.0. The molecule has 0 saturated heterocycles. The Morgan fingerprint density at radius 2 is 1.73 bits per heavy atom. The first-order valence-electron chi connectivity index (χ1n) is 5.09. The van der Waals surface area contributed by atoms with E-state index >= 15 is 0 Å². The van der Waals surface area contributed by atoms with Crippen LogP contribution < -0.4 is 0 Å². The molecule has 1 aromatic carbocycles. The summed E-state index contributed by atoms with van der Waals surface area (Å²) in [4.78, 5) is 11.1. The molecule has 82 valence electrons. The molecular weight excluding hydrogens is 188 g/mol. The molecule has 0 saturated carbocycles. The van der Waals surface area contributed by atoms with E-state index in [0.29, 0.717) is 5.56 Å². The molecule has 0 heterocycles. The minimum Gasteiger partial charge on any atom is -0.478 e. The van der Waals surface area contributed by atoms with Crippen LogP contribution in [0, 0.1) is 13.8 Å². The summed E-state index contributed by atoms with van der Waals surface area (Å²) in [5, 5.41) is 9.14. The highest BCUT2D eigenvalue weighted by molar-refractivity contribution is 5.91. The zero-order valence-electron chi connectivity index (χ0n) is 10.0. The molecule has 2 nitrogen and oxygen atoms in total. The van der Waals surface area contributed by atoms with Crippen LogP contribution in [0.3, 0.4) is 0 Å². The normalized spacial score (nSPS) is 11.5. The predicted molar refractivity (Wildman–Crippen MR) is 61.6 cm³/mol. The lowest BCUT2D eigenvalue weighted by Crippen LogP contribution is -2.16. The van der Waals surface area contributed by atoms with Crippen LogP contribution in [0.2, 0.25) is 0 Å². The average Bonchev–Trinajstić information content (AvgIpc) is 2.00. The third kappa shape index (κ3) is 2.20. The van der Waals surface area contributed by atoms with Crippen LogP contribution in [-0.2, 0) is 5.41 Å². The van der Waals surface area contributed by atoms with Crippen molar-refractivity contribution < 1.29 is 9.90 Å². The van der Waals surface area contributed by atoms with Gasteiger partial charge in [0.2, 0.25) is 0 Å². The van der Waals surface area contributed by atoms with Crippen molar-refractivity contribution in [2.75, 3.05) is 0 Å². The van der Waals surface area contributed by atoms with Crippen LogP contribution in [0.1, 0.15) is 47.8 Å². The van der Waals surface area contributed by atoms with Gasteiger partial charge in [-0.05, 0) is 36.0 Å². The smallest absolute Gasteiger partial charge is 0.336 e. The number of benzene rings is 1. The van der Waals surface area contributed by atoms with E-state index in [2.05, 4.69) is 20.8 Å². The van der Waals surface area contributed by atoms with Gasteiger partial charge >= 0.3 is 5.97 Å². The SMILES string of the molecule is Cc1ccc(C(C)(C)C)c(C)c1C(=O)O. The quantitative estimate of drug-likeness (QED) is 0.765. The van der Waals surface area contributed by atoms with Gasteiger partial charge in [0.05, 0.1) is 5.56 Å². The number of rotatable bonds is 1. The van der Waals surface area contributed by atoms with Gasteiger partial charge < -0.3 is 5.11 Å². The minimum absolute atomic E-state index is 0.0119. The number of carboxylic acid groups (broad SMARTS) is 1. The molecular formula is C13H18O2. The maximum absolute atomic E-state index is 11.1. The first-order valence-corrected chi connectivity index (χ1v) is 5.09. The van der Waals surface area contributed by atoms with Gasteiger partial charge in [-0.25, -0.2) is 4.79 Å². The maximum Gasteiger partial charge on any atom is 0.336 e. The summed E-state index contributed by atoms with van der Waals surface area (Å²) in [6.07, 6.45) is 0. The standard InChI is InChI=1S/C13H18O2/c1-8-6-7-10(13(3,4)5)9(2)11(8)12(14)15/h6-7H,1-5H3,(H,14,15).